The van der Waals surface area contributed by atoms with E-state index in [9.17, 15) is 4.79 Å². The van der Waals surface area contributed by atoms with Gasteiger partial charge in [-0.05, 0) is 54.8 Å². The summed E-state index contributed by atoms with van der Waals surface area (Å²) < 4.78 is 5.36. The molecule has 0 bridgehead atoms. The first-order chi connectivity index (χ1) is 17.3. The molecule has 4 aliphatic rings. The van der Waals surface area contributed by atoms with E-state index in [1.807, 2.05) is 35.2 Å². The number of morpholine rings is 1. The van der Waals surface area contributed by atoms with Crippen LogP contribution in [0.4, 0.5) is 11.4 Å². The molecule has 0 saturated carbocycles. The molecule has 4 aliphatic heterocycles. The van der Waals surface area contributed by atoms with Gasteiger partial charge in [0.25, 0.3) is 5.91 Å². The van der Waals surface area contributed by atoms with E-state index in [-0.39, 0.29) is 5.91 Å². The van der Waals surface area contributed by atoms with E-state index in [2.05, 4.69) is 57.9 Å². The number of hydrogen-bond donors (Lipinski definition) is 2. The summed E-state index contributed by atoms with van der Waals surface area (Å²) in [5, 5.41) is 6.93. The lowest BCUT2D eigenvalue weighted by molar-refractivity contribution is 0.0303. The first-order valence-electron chi connectivity index (χ1n) is 12.1. The number of amides is 1. The molecule has 7 heteroatoms. The van der Waals surface area contributed by atoms with Crippen molar-refractivity contribution in [3.8, 4) is 0 Å². The molecule has 0 unspecified atom stereocenters. The monoisotopic (exact) mass is 465 g/mol. The van der Waals surface area contributed by atoms with Crippen LogP contribution in [0.1, 0.15) is 27.9 Å². The molecule has 2 N–H and O–H groups in total. The fourth-order valence-electron chi connectivity index (χ4n) is 4.76. The summed E-state index contributed by atoms with van der Waals surface area (Å²) in [6.45, 7) is 3.40. The van der Waals surface area contributed by atoms with Crippen LogP contribution in [0.3, 0.4) is 0 Å². The van der Waals surface area contributed by atoms with E-state index in [1.54, 1.807) is 0 Å². The Labute approximate surface area is 204 Å². The quantitative estimate of drug-likeness (QED) is 0.665. The van der Waals surface area contributed by atoms with E-state index < -0.39 is 0 Å². The zero-order valence-electron chi connectivity index (χ0n) is 19.5. The predicted octanol–water partition coefficient (Wildman–Crippen LogP) is 4.21. The van der Waals surface area contributed by atoms with Crippen LogP contribution in [-0.2, 0) is 11.2 Å². The van der Waals surface area contributed by atoms with Crippen molar-refractivity contribution in [1.82, 2.24) is 9.80 Å². The predicted molar refractivity (Wildman–Crippen MR) is 138 cm³/mol. The average molecular weight is 466 g/mol. The van der Waals surface area contributed by atoms with Crippen LogP contribution in [0.25, 0.3) is 5.70 Å². The summed E-state index contributed by atoms with van der Waals surface area (Å²) in [5.41, 5.74) is 10.3. The normalized spacial score (nSPS) is 18.6. The second-order valence-electron chi connectivity index (χ2n) is 8.81. The van der Waals surface area contributed by atoms with Gasteiger partial charge in [0.15, 0.2) is 5.84 Å². The second kappa shape index (κ2) is 9.29. The molecule has 4 heterocycles. The van der Waals surface area contributed by atoms with Gasteiger partial charge in [-0.1, -0.05) is 23.9 Å². The molecule has 0 aromatic heterocycles. The van der Waals surface area contributed by atoms with Crippen LogP contribution in [0.5, 0.6) is 0 Å². The van der Waals surface area contributed by atoms with Gasteiger partial charge in [-0.3, -0.25) is 4.79 Å². The number of nitrogens with zero attached hydrogens (tertiary/aromatic N) is 3. The zero-order chi connectivity index (χ0) is 23.6. The molecular formula is C28H27N5O2. The Morgan fingerprint density at radius 2 is 1.97 bits per heavy atom. The molecule has 1 amide bonds. The van der Waals surface area contributed by atoms with Crippen molar-refractivity contribution in [2.75, 3.05) is 43.5 Å². The number of aliphatic imine (C=N–C) groups is 1. The van der Waals surface area contributed by atoms with Crippen molar-refractivity contribution in [2.24, 2.45) is 4.99 Å². The number of nitrogens with one attached hydrogen (secondary N) is 2. The van der Waals surface area contributed by atoms with Gasteiger partial charge in [-0.2, -0.15) is 0 Å². The Balaban J connectivity index is 1.30. The minimum Gasteiger partial charge on any atom is -0.384 e. The molecule has 2 aromatic rings. The fourth-order valence-corrected chi connectivity index (χ4v) is 4.76. The Hall–Kier alpha value is -4.06. The minimum atomic E-state index is 0.0392. The van der Waals surface area contributed by atoms with Crippen molar-refractivity contribution >= 4 is 28.8 Å². The highest BCUT2D eigenvalue weighted by atomic mass is 16.5. The SMILES string of the molecule is O=C(c1ccc(NC2=NC(c3cccc4c3CCN4)=CN3C=CCC=C=C23)cc1)N1CCOCC1. The lowest BCUT2D eigenvalue weighted by Gasteiger charge is -2.27. The van der Waals surface area contributed by atoms with Crippen LogP contribution in [0, 0.1) is 0 Å². The van der Waals surface area contributed by atoms with Gasteiger partial charge in [0.1, 0.15) is 5.70 Å². The number of allylic oxidation sites excluding steroid dienone is 1. The van der Waals surface area contributed by atoms with E-state index in [4.69, 9.17) is 9.73 Å². The molecule has 0 radical (unpaired) electrons. The van der Waals surface area contributed by atoms with Crippen LogP contribution >= 0.6 is 0 Å². The van der Waals surface area contributed by atoms with Crippen molar-refractivity contribution in [1.29, 1.82) is 0 Å². The summed E-state index contributed by atoms with van der Waals surface area (Å²) >= 11 is 0. The van der Waals surface area contributed by atoms with E-state index >= 15 is 0 Å². The third kappa shape index (κ3) is 4.28. The highest BCUT2D eigenvalue weighted by molar-refractivity contribution is 6.11. The van der Waals surface area contributed by atoms with Crippen LogP contribution in [-0.4, -0.2) is 54.4 Å². The summed E-state index contributed by atoms with van der Waals surface area (Å²) in [7, 11) is 0. The third-order valence-corrected chi connectivity index (χ3v) is 6.57. The maximum atomic E-state index is 12.8. The molecular weight excluding hydrogens is 438 g/mol. The zero-order valence-corrected chi connectivity index (χ0v) is 19.5. The first-order valence-corrected chi connectivity index (χ1v) is 12.1. The van der Waals surface area contributed by atoms with Crippen molar-refractivity contribution in [3.63, 3.8) is 0 Å². The van der Waals surface area contributed by atoms with Crippen molar-refractivity contribution in [2.45, 2.75) is 12.8 Å². The number of amidine groups is 1. The fraction of sp³-hybridized carbons (Fsp3) is 0.250. The van der Waals surface area contributed by atoms with E-state index in [1.165, 1.54) is 11.3 Å². The number of carbonyl (C=O) groups excluding carboxylic acids is 1. The van der Waals surface area contributed by atoms with Gasteiger partial charge < -0.3 is 25.2 Å². The Bertz CT molecular complexity index is 1310. The summed E-state index contributed by atoms with van der Waals surface area (Å²) in [4.78, 5) is 21.8. The molecule has 35 heavy (non-hydrogen) atoms. The average Bonchev–Trinajstić information content (AvgIpc) is 3.26. The molecule has 0 atom stereocenters. The van der Waals surface area contributed by atoms with E-state index in [0.717, 1.165) is 47.9 Å². The van der Waals surface area contributed by atoms with Gasteiger partial charge in [0.05, 0.1) is 18.9 Å². The smallest absolute Gasteiger partial charge is 0.254 e. The van der Waals surface area contributed by atoms with Gasteiger partial charge in [-0.15, -0.1) is 0 Å². The molecule has 1 fully saturated rings. The molecule has 1 saturated heterocycles. The largest absolute Gasteiger partial charge is 0.384 e. The minimum absolute atomic E-state index is 0.0392. The maximum absolute atomic E-state index is 12.8. The van der Waals surface area contributed by atoms with Crippen LogP contribution in [0.2, 0.25) is 0 Å². The third-order valence-electron chi connectivity index (χ3n) is 6.57. The topological polar surface area (TPSA) is 69.2 Å². The number of fused-ring (bicyclic) bond motifs is 2. The Morgan fingerprint density at radius 3 is 2.83 bits per heavy atom. The first kappa shape index (κ1) is 21.5. The summed E-state index contributed by atoms with van der Waals surface area (Å²) in [6, 6.07) is 13.9. The molecule has 0 aliphatic carbocycles. The van der Waals surface area contributed by atoms with Gasteiger partial charge in [-0.25, -0.2) is 4.99 Å². The highest BCUT2D eigenvalue weighted by Crippen LogP contribution is 2.34. The standard InChI is InChI=1S/C28H27N5O2/c34-28(32-15-17-35-18-16-32)20-8-10-21(11-9-20)30-27-26-7-2-1-3-14-33(26)19-25(31-27)22-5-4-6-24-23(22)12-13-29-24/h2-6,8-11,14,19,29H,1,12-13,15-18H2,(H,30,31). The van der Waals surface area contributed by atoms with Crippen molar-refractivity contribution in [3.05, 3.63) is 95.1 Å². The summed E-state index contributed by atoms with van der Waals surface area (Å²) in [5.74, 6) is 0.762. The van der Waals surface area contributed by atoms with Gasteiger partial charge >= 0.3 is 0 Å². The number of ether oxygens (including phenoxy) is 1. The maximum Gasteiger partial charge on any atom is 0.254 e. The van der Waals surface area contributed by atoms with Crippen molar-refractivity contribution < 1.29 is 9.53 Å². The number of hydrogen-bond acceptors (Lipinski definition) is 6. The highest BCUT2D eigenvalue weighted by Gasteiger charge is 2.24. The number of carbonyl (C=O) groups is 1. The number of benzene rings is 2. The van der Waals surface area contributed by atoms with E-state index in [0.29, 0.717) is 31.9 Å². The Morgan fingerprint density at radius 1 is 1.11 bits per heavy atom. The lowest BCUT2D eigenvalue weighted by Crippen LogP contribution is -2.40. The number of anilines is 2. The second-order valence-corrected chi connectivity index (χ2v) is 8.81. The molecule has 2 aromatic carbocycles. The van der Waals surface area contributed by atoms with Crippen LogP contribution in [0.15, 0.2) is 83.4 Å². The molecule has 6 rings (SSSR count). The number of rotatable bonds is 3. The van der Waals surface area contributed by atoms with Gasteiger partial charge in [0, 0.05) is 54.5 Å². The summed E-state index contributed by atoms with van der Waals surface area (Å²) in [6.07, 6.45) is 10.1. The van der Waals surface area contributed by atoms with Crippen LogP contribution < -0.4 is 10.6 Å². The molecule has 176 valence electrons. The lowest BCUT2D eigenvalue weighted by atomic mass is 10.0. The molecule has 7 nitrogen and oxygen atoms in total. The molecule has 0 spiro atoms. The Kier molecular flexibility index (Phi) is 5.70. The van der Waals surface area contributed by atoms with Gasteiger partial charge in [0.2, 0.25) is 0 Å².